The van der Waals surface area contributed by atoms with Crippen molar-refractivity contribution in [3.8, 4) is 0 Å². The summed E-state index contributed by atoms with van der Waals surface area (Å²) in [6.45, 7) is 1.99. The predicted molar refractivity (Wildman–Crippen MR) is 71.2 cm³/mol. The molecule has 1 atom stereocenters. The summed E-state index contributed by atoms with van der Waals surface area (Å²) in [6.07, 6.45) is 0.325. The molecule has 2 rings (SSSR count). The van der Waals surface area contributed by atoms with E-state index in [0.29, 0.717) is 17.4 Å². The number of aryl methyl sites for hydroxylation is 1. The lowest BCUT2D eigenvalue weighted by Crippen LogP contribution is -2.00. The average Bonchev–Trinajstić information content (AvgIpc) is 2.87. The summed E-state index contributed by atoms with van der Waals surface area (Å²) in [7, 11) is 0. The highest BCUT2D eigenvalue weighted by Gasteiger charge is 2.09. The molecule has 0 spiro atoms. The van der Waals surface area contributed by atoms with E-state index in [-0.39, 0.29) is 0 Å². The monoisotopic (exact) mass is 264 g/mol. The van der Waals surface area contributed by atoms with Crippen LogP contribution in [0.5, 0.6) is 0 Å². The van der Waals surface area contributed by atoms with E-state index in [4.69, 9.17) is 4.52 Å². The predicted octanol–water partition coefficient (Wildman–Crippen LogP) is 2.60. The molecular weight excluding hydrogens is 248 g/mol. The number of aliphatic hydroxyl groups is 1. The van der Waals surface area contributed by atoms with Crippen molar-refractivity contribution in [1.29, 1.82) is 0 Å². The molecule has 0 bridgehead atoms. The summed E-state index contributed by atoms with van der Waals surface area (Å²) in [5, 5.41) is 13.8. The third kappa shape index (κ3) is 3.58. The molecule has 0 aliphatic rings. The number of hydrogen-bond donors (Lipinski definition) is 1. The third-order valence-corrected chi connectivity index (χ3v) is 3.51. The van der Waals surface area contributed by atoms with Crippen LogP contribution in [-0.2, 0) is 12.2 Å². The molecule has 0 saturated carbocycles. The van der Waals surface area contributed by atoms with Gasteiger partial charge in [-0.2, -0.15) is 4.98 Å². The Hall–Kier alpha value is -1.33. The van der Waals surface area contributed by atoms with Gasteiger partial charge < -0.3 is 9.63 Å². The highest BCUT2D eigenvalue weighted by molar-refractivity contribution is 7.98. The Morgan fingerprint density at radius 1 is 1.33 bits per heavy atom. The van der Waals surface area contributed by atoms with Crippen molar-refractivity contribution >= 4 is 11.8 Å². The van der Waals surface area contributed by atoms with Crippen molar-refractivity contribution < 1.29 is 9.63 Å². The Morgan fingerprint density at radius 2 is 2.11 bits per heavy atom. The fourth-order valence-corrected chi connectivity index (χ4v) is 2.35. The van der Waals surface area contributed by atoms with E-state index >= 15 is 0 Å². The zero-order valence-electron chi connectivity index (χ0n) is 10.2. The average molecular weight is 264 g/mol. The minimum atomic E-state index is -0.454. The van der Waals surface area contributed by atoms with Crippen LogP contribution in [0.3, 0.4) is 0 Å². The normalized spacial score (nSPS) is 12.6. The van der Waals surface area contributed by atoms with Crippen LogP contribution in [0, 0.1) is 0 Å². The fraction of sp³-hybridized carbons (Fsp3) is 0.385. The van der Waals surface area contributed by atoms with Crippen LogP contribution in [0.25, 0.3) is 0 Å². The Balaban J connectivity index is 1.78. The molecule has 96 valence electrons. The van der Waals surface area contributed by atoms with Crippen LogP contribution < -0.4 is 0 Å². The maximum absolute atomic E-state index is 9.96. The lowest BCUT2D eigenvalue weighted by atomic mass is 10.1. The summed E-state index contributed by atoms with van der Waals surface area (Å²) in [5.41, 5.74) is 0.935. The van der Waals surface area contributed by atoms with Gasteiger partial charge in [0.15, 0.2) is 5.82 Å². The second-order valence-corrected chi connectivity index (χ2v) is 4.93. The van der Waals surface area contributed by atoms with Gasteiger partial charge in [-0.15, -0.1) is 11.8 Å². The molecule has 1 heterocycles. The SMILES string of the molecule is CCc1noc(CSCC(O)c2ccccc2)n1. The maximum atomic E-state index is 9.96. The lowest BCUT2D eigenvalue weighted by molar-refractivity contribution is 0.204. The summed E-state index contributed by atoms with van der Waals surface area (Å²) in [5.74, 6) is 2.61. The fourth-order valence-electron chi connectivity index (χ4n) is 1.52. The summed E-state index contributed by atoms with van der Waals surface area (Å²) in [4.78, 5) is 4.22. The highest BCUT2D eigenvalue weighted by Crippen LogP contribution is 2.20. The first kappa shape index (κ1) is 13.1. The Labute approximate surface area is 110 Å². The quantitative estimate of drug-likeness (QED) is 0.869. The molecule has 5 heteroatoms. The molecule has 1 aromatic carbocycles. The Kier molecular flexibility index (Phi) is 4.78. The van der Waals surface area contributed by atoms with Gasteiger partial charge in [0.25, 0.3) is 0 Å². The van der Waals surface area contributed by atoms with Crippen LogP contribution in [-0.4, -0.2) is 21.0 Å². The molecule has 0 saturated heterocycles. The number of benzene rings is 1. The Morgan fingerprint density at radius 3 is 2.78 bits per heavy atom. The molecule has 0 aliphatic carbocycles. The smallest absolute Gasteiger partial charge is 0.236 e. The lowest BCUT2D eigenvalue weighted by Gasteiger charge is -2.09. The minimum absolute atomic E-state index is 0.454. The number of thioether (sulfide) groups is 1. The van der Waals surface area contributed by atoms with E-state index in [1.54, 1.807) is 11.8 Å². The van der Waals surface area contributed by atoms with Crippen LogP contribution >= 0.6 is 11.8 Å². The first-order valence-corrected chi connectivity index (χ1v) is 7.07. The molecule has 4 nitrogen and oxygen atoms in total. The number of rotatable bonds is 6. The van der Waals surface area contributed by atoms with Crippen molar-refractivity contribution in [2.24, 2.45) is 0 Å². The highest BCUT2D eigenvalue weighted by atomic mass is 32.2. The van der Waals surface area contributed by atoms with Gasteiger partial charge in [-0.1, -0.05) is 42.4 Å². The molecule has 1 unspecified atom stereocenters. The largest absolute Gasteiger partial charge is 0.388 e. The van der Waals surface area contributed by atoms with Crippen LogP contribution in [0.4, 0.5) is 0 Å². The van der Waals surface area contributed by atoms with Crippen molar-refractivity contribution in [2.75, 3.05) is 5.75 Å². The van der Waals surface area contributed by atoms with Crippen molar-refractivity contribution in [3.05, 3.63) is 47.6 Å². The van der Waals surface area contributed by atoms with Gasteiger partial charge in [-0.25, -0.2) is 0 Å². The molecule has 18 heavy (non-hydrogen) atoms. The molecule has 0 amide bonds. The van der Waals surface area contributed by atoms with Gasteiger partial charge in [-0.3, -0.25) is 0 Å². The summed E-state index contributed by atoms with van der Waals surface area (Å²) >= 11 is 1.59. The molecular formula is C13H16N2O2S. The third-order valence-electron chi connectivity index (χ3n) is 2.51. The second kappa shape index (κ2) is 6.56. The molecule has 1 aromatic heterocycles. The number of aromatic nitrogens is 2. The molecule has 0 radical (unpaired) electrons. The van der Waals surface area contributed by atoms with Crippen molar-refractivity contribution in [1.82, 2.24) is 10.1 Å². The van der Waals surface area contributed by atoms with Crippen molar-refractivity contribution in [3.63, 3.8) is 0 Å². The molecule has 1 N–H and O–H groups in total. The molecule has 0 fully saturated rings. The van der Waals surface area contributed by atoms with Gasteiger partial charge in [-0.05, 0) is 5.56 Å². The molecule has 0 aliphatic heterocycles. The zero-order chi connectivity index (χ0) is 12.8. The van der Waals surface area contributed by atoms with E-state index < -0.39 is 6.10 Å². The number of nitrogens with zero attached hydrogens (tertiary/aromatic N) is 2. The summed E-state index contributed by atoms with van der Waals surface area (Å²) < 4.78 is 5.08. The van der Waals surface area contributed by atoms with Gasteiger partial charge >= 0.3 is 0 Å². The number of hydrogen-bond acceptors (Lipinski definition) is 5. The van der Waals surface area contributed by atoms with Crippen LogP contribution in [0.2, 0.25) is 0 Å². The topological polar surface area (TPSA) is 59.2 Å². The zero-order valence-corrected chi connectivity index (χ0v) is 11.1. The number of aliphatic hydroxyl groups excluding tert-OH is 1. The first-order chi connectivity index (χ1) is 8.79. The van der Waals surface area contributed by atoms with Crippen LogP contribution in [0.15, 0.2) is 34.9 Å². The van der Waals surface area contributed by atoms with E-state index in [2.05, 4.69) is 10.1 Å². The first-order valence-electron chi connectivity index (χ1n) is 5.91. The van der Waals surface area contributed by atoms with Crippen molar-refractivity contribution in [2.45, 2.75) is 25.2 Å². The summed E-state index contributed by atoms with van der Waals surface area (Å²) in [6, 6.07) is 9.64. The Bertz CT molecular complexity index is 473. The standard InChI is InChI=1S/C13H16N2O2S/c1-2-12-14-13(17-15-12)9-18-8-11(16)10-6-4-3-5-7-10/h3-7,11,16H,2,8-9H2,1H3. The van der Waals surface area contributed by atoms with E-state index in [0.717, 1.165) is 17.8 Å². The maximum Gasteiger partial charge on any atom is 0.236 e. The van der Waals surface area contributed by atoms with Gasteiger partial charge in [0, 0.05) is 12.2 Å². The van der Waals surface area contributed by atoms with Gasteiger partial charge in [0.05, 0.1) is 11.9 Å². The molecule has 2 aromatic rings. The van der Waals surface area contributed by atoms with E-state index in [9.17, 15) is 5.11 Å². The van der Waals surface area contributed by atoms with Crippen LogP contribution in [0.1, 0.15) is 30.3 Å². The van der Waals surface area contributed by atoms with Gasteiger partial charge in [0.1, 0.15) is 0 Å². The van der Waals surface area contributed by atoms with Gasteiger partial charge in [0.2, 0.25) is 5.89 Å². The second-order valence-electron chi connectivity index (χ2n) is 3.90. The minimum Gasteiger partial charge on any atom is -0.388 e. The van der Waals surface area contributed by atoms with E-state index in [1.165, 1.54) is 0 Å². The van der Waals surface area contributed by atoms with E-state index in [1.807, 2.05) is 37.3 Å².